The lowest BCUT2D eigenvalue weighted by Crippen LogP contribution is -2.30. The summed E-state index contributed by atoms with van der Waals surface area (Å²) >= 11 is 0. The summed E-state index contributed by atoms with van der Waals surface area (Å²) < 4.78 is 67.9. The monoisotopic (exact) mass is 1210 g/mol. The molecule has 0 aliphatic heterocycles. The maximum absolute atomic E-state index is 13.0. The van der Waals surface area contributed by atoms with Gasteiger partial charge in [-0.15, -0.1) is 0 Å². The molecular weight excluding hydrogens is 1090 g/mol. The summed E-state index contributed by atoms with van der Waals surface area (Å²) in [5.41, 5.74) is 0. The minimum Gasteiger partial charge on any atom is -0.462 e. The number of phosphoric acid groups is 2. The van der Waals surface area contributed by atoms with Crippen molar-refractivity contribution >= 4 is 39.5 Å². The number of aliphatic hydroxyl groups excluding tert-OH is 1. The largest absolute Gasteiger partial charge is 0.472 e. The van der Waals surface area contributed by atoms with E-state index in [0.29, 0.717) is 31.6 Å². The van der Waals surface area contributed by atoms with E-state index >= 15 is 0 Å². The van der Waals surface area contributed by atoms with E-state index in [1.54, 1.807) is 0 Å². The van der Waals surface area contributed by atoms with Gasteiger partial charge in [-0.05, 0) is 49.4 Å². The fraction of sp³-hybridized carbons (Fsp3) is 0.937. The first-order valence-electron chi connectivity index (χ1n) is 32.8. The number of carbonyl (C=O) groups is 4. The van der Waals surface area contributed by atoms with Gasteiger partial charge in [-0.3, -0.25) is 37.3 Å². The Morgan fingerprint density at radius 2 is 0.585 bits per heavy atom. The van der Waals surface area contributed by atoms with Crippen LogP contribution in [0.1, 0.15) is 299 Å². The van der Waals surface area contributed by atoms with E-state index < -0.39 is 97.5 Å². The number of rotatable bonds is 60. The van der Waals surface area contributed by atoms with Crippen molar-refractivity contribution in [3.63, 3.8) is 0 Å². The second-order valence-corrected chi connectivity index (χ2v) is 27.1. The highest BCUT2D eigenvalue weighted by molar-refractivity contribution is 7.47. The topological polar surface area (TPSA) is 237 Å². The molecule has 0 rings (SSSR count). The first-order chi connectivity index (χ1) is 39.2. The fourth-order valence-electron chi connectivity index (χ4n) is 9.19. The molecule has 82 heavy (non-hydrogen) atoms. The van der Waals surface area contributed by atoms with Gasteiger partial charge in [0.05, 0.1) is 26.4 Å². The van der Waals surface area contributed by atoms with Crippen LogP contribution in [0.3, 0.4) is 0 Å². The minimum atomic E-state index is -4.94. The SMILES string of the molecule is CCC(C)CCCCCCCCCCC(=O)OC[C@H](COP(=O)(O)OCC(O)COP(=O)(O)OC[C@@H](COC(=O)CCCCCCCCCCC(C)C)OC(=O)CCCCCCCCC(C)C)OC(=O)CCCCCCCCC(C)CC. The molecule has 0 aromatic rings. The minimum absolute atomic E-state index is 0.101. The van der Waals surface area contributed by atoms with Crippen LogP contribution >= 0.6 is 15.6 Å². The Morgan fingerprint density at radius 1 is 0.341 bits per heavy atom. The Morgan fingerprint density at radius 3 is 0.866 bits per heavy atom. The van der Waals surface area contributed by atoms with Gasteiger partial charge in [0.15, 0.2) is 12.2 Å². The number of esters is 4. The van der Waals surface area contributed by atoms with E-state index in [4.69, 9.17) is 37.0 Å². The van der Waals surface area contributed by atoms with Crippen molar-refractivity contribution in [2.75, 3.05) is 39.6 Å². The molecule has 0 fully saturated rings. The van der Waals surface area contributed by atoms with Gasteiger partial charge in [-0.1, -0.05) is 248 Å². The Bertz CT molecular complexity index is 1650. The third-order valence-electron chi connectivity index (χ3n) is 15.0. The Labute approximate surface area is 498 Å². The molecule has 3 N–H and O–H groups in total. The lowest BCUT2D eigenvalue weighted by molar-refractivity contribution is -0.161. The smallest absolute Gasteiger partial charge is 0.462 e. The van der Waals surface area contributed by atoms with Gasteiger partial charge in [0.2, 0.25) is 0 Å². The molecule has 0 aromatic carbocycles. The molecule has 0 aliphatic carbocycles. The molecule has 17 nitrogen and oxygen atoms in total. The lowest BCUT2D eigenvalue weighted by Gasteiger charge is -2.21. The number of phosphoric ester groups is 2. The van der Waals surface area contributed by atoms with Crippen LogP contribution in [-0.2, 0) is 65.4 Å². The second kappa shape index (κ2) is 53.3. The van der Waals surface area contributed by atoms with Crippen molar-refractivity contribution in [2.24, 2.45) is 23.7 Å². The molecule has 19 heteroatoms. The third-order valence-corrected chi connectivity index (χ3v) is 16.9. The number of hydrogen-bond donors (Lipinski definition) is 3. The van der Waals surface area contributed by atoms with Crippen LogP contribution in [0.5, 0.6) is 0 Å². The van der Waals surface area contributed by atoms with Crippen LogP contribution < -0.4 is 0 Å². The predicted octanol–water partition coefficient (Wildman–Crippen LogP) is 17.0. The fourth-order valence-corrected chi connectivity index (χ4v) is 10.8. The van der Waals surface area contributed by atoms with Crippen LogP contribution in [0.2, 0.25) is 0 Å². The maximum Gasteiger partial charge on any atom is 0.472 e. The van der Waals surface area contributed by atoms with Crippen molar-refractivity contribution in [1.29, 1.82) is 0 Å². The van der Waals surface area contributed by atoms with Gasteiger partial charge >= 0.3 is 39.5 Å². The zero-order valence-electron chi connectivity index (χ0n) is 53.1. The molecule has 0 saturated carbocycles. The Kier molecular flexibility index (Phi) is 52.0. The van der Waals surface area contributed by atoms with Crippen LogP contribution in [0.15, 0.2) is 0 Å². The van der Waals surface area contributed by atoms with Crippen molar-refractivity contribution in [1.82, 2.24) is 0 Å². The highest BCUT2D eigenvalue weighted by Gasteiger charge is 2.30. The summed E-state index contributed by atoms with van der Waals surface area (Å²) in [7, 11) is -9.89. The molecule has 7 atom stereocenters. The van der Waals surface area contributed by atoms with E-state index in [2.05, 4.69) is 55.4 Å². The summed E-state index contributed by atoms with van der Waals surface area (Å²) in [6.07, 6.45) is 32.3. The normalized spacial score (nSPS) is 15.1. The van der Waals surface area contributed by atoms with E-state index in [0.717, 1.165) is 108 Å². The van der Waals surface area contributed by atoms with Crippen molar-refractivity contribution in [3.05, 3.63) is 0 Å². The van der Waals surface area contributed by atoms with Crippen LogP contribution in [0, 0.1) is 23.7 Å². The molecular formula is C63H122O17P2. The van der Waals surface area contributed by atoms with Gasteiger partial charge < -0.3 is 33.8 Å². The quantitative estimate of drug-likeness (QED) is 0.0222. The molecule has 0 heterocycles. The highest BCUT2D eigenvalue weighted by atomic mass is 31.2. The number of unbranched alkanes of at least 4 members (excludes halogenated alkanes) is 24. The average Bonchev–Trinajstić information content (AvgIpc) is 3.44. The van der Waals surface area contributed by atoms with Crippen LogP contribution in [0.4, 0.5) is 0 Å². The van der Waals surface area contributed by atoms with Gasteiger partial charge in [0, 0.05) is 25.7 Å². The molecule has 486 valence electrons. The molecule has 0 aromatic heterocycles. The van der Waals surface area contributed by atoms with E-state index in [1.165, 1.54) is 103 Å². The van der Waals surface area contributed by atoms with Crippen LogP contribution in [-0.4, -0.2) is 96.7 Å². The number of hydrogen-bond acceptors (Lipinski definition) is 15. The molecule has 0 bridgehead atoms. The van der Waals surface area contributed by atoms with Crippen LogP contribution in [0.25, 0.3) is 0 Å². The third kappa shape index (κ3) is 54.7. The zero-order valence-corrected chi connectivity index (χ0v) is 54.9. The molecule has 0 amide bonds. The Hall–Kier alpha value is -1.94. The van der Waals surface area contributed by atoms with Gasteiger partial charge in [-0.2, -0.15) is 0 Å². The number of ether oxygens (including phenoxy) is 4. The van der Waals surface area contributed by atoms with Gasteiger partial charge in [0.1, 0.15) is 19.3 Å². The van der Waals surface area contributed by atoms with Crippen molar-refractivity contribution < 1.29 is 80.2 Å². The first-order valence-corrected chi connectivity index (χ1v) is 35.8. The summed E-state index contributed by atoms with van der Waals surface area (Å²) in [5, 5.41) is 10.5. The first kappa shape index (κ1) is 80.1. The standard InChI is InChI=1S/C63H122O17P2/c1-9-55(7)41-33-25-16-12-14-18-28-36-44-61(66)74-50-59(80-63(68)46-38-30-22-20-26-34-42-56(8)10-2)52-78-82(71,72)76-48-57(64)47-75-81(69,70)77-51-58(79-62(67)45-37-29-21-19-24-32-40-54(5)6)49-73-60(65)43-35-27-17-13-11-15-23-31-39-53(3)4/h53-59,64H,9-52H2,1-8H3,(H,69,70)(H,71,72)/t55?,56?,57?,58-,59-/m1/s1. The summed E-state index contributed by atoms with van der Waals surface area (Å²) in [4.78, 5) is 72.1. The number of aliphatic hydroxyl groups is 1. The zero-order chi connectivity index (χ0) is 61.1. The second-order valence-electron chi connectivity index (χ2n) is 24.2. The van der Waals surface area contributed by atoms with E-state index in [1.807, 2.05) is 0 Å². The van der Waals surface area contributed by atoms with Gasteiger partial charge in [0.25, 0.3) is 0 Å². The van der Waals surface area contributed by atoms with Crippen molar-refractivity contribution in [2.45, 2.75) is 318 Å². The predicted molar refractivity (Wildman–Crippen MR) is 326 cm³/mol. The Balaban J connectivity index is 5.25. The molecule has 0 aliphatic rings. The number of carbonyl (C=O) groups excluding carboxylic acids is 4. The summed E-state index contributed by atoms with van der Waals surface area (Å²) in [6.45, 7) is 13.9. The highest BCUT2D eigenvalue weighted by Crippen LogP contribution is 2.45. The summed E-state index contributed by atoms with van der Waals surface area (Å²) in [6, 6.07) is 0. The summed E-state index contributed by atoms with van der Waals surface area (Å²) in [5.74, 6) is 0.747. The molecule has 5 unspecified atom stereocenters. The molecule has 0 radical (unpaired) electrons. The van der Waals surface area contributed by atoms with Crippen molar-refractivity contribution in [3.8, 4) is 0 Å². The van der Waals surface area contributed by atoms with E-state index in [-0.39, 0.29) is 25.7 Å². The molecule has 0 spiro atoms. The maximum atomic E-state index is 13.0. The molecule has 0 saturated heterocycles. The van der Waals surface area contributed by atoms with Gasteiger partial charge in [-0.25, -0.2) is 9.13 Å². The lowest BCUT2D eigenvalue weighted by atomic mass is 9.99. The van der Waals surface area contributed by atoms with E-state index in [9.17, 15) is 43.2 Å². The average molecular weight is 1210 g/mol.